The van der Waals surface area contributed by atoms with Crippen LogP contribution in [0.2, 0.25) is 0 Å². The van der Waals surface area contributed by atoms with Crippen LogP contribution in [0.15, 0.2) is 65.6 Å². The lowest BCUT2D eigenvalue weighted by Gasteiger charge is -2.20. The Hall–Kier alpha value is -4.15. The van der Waals surface area contributed by atoms with Gasteiger partial charge >= 0.3 is 5.97 Å². The molecule has 0 unspecified atom stereocenters. The maximum Gasteiger partial charge on any atom is 0.338 e. The Kier molecular flexibility index (Phi) is 7.80. The number of esters is 1. The Labute approximate surface area is 226 Å². The van der Waals surface area contributed by atoms with Crippen LogP contribution in [0.4, 0.5) is 5.69 Å². The highest BCUT2D eigenvalue weighted by molar-refractivity contribution is 7.89. The van der Waals surface area contributed by atoms with Crippen molar-refractivity contribution in [2.24, 2.45) is 0 Å². The van der Waals surface area contributed by atoms with Crippen LogP contribution in [0.3, 0.4) is 0 Å². The minimum absolute atomic E-state index is 0.00685. The van der Waals surface area contributed by atoms with Crippen molar-refractivity contribution < 1.29 is 32.3 Å². The summed E-state index contributed by atoms with van der Waals surface area (Å²) in [7, 11) is -3.81. The molecule has 0 heterocycles. The van der Waals surface area contributed by atoms with Crippen molar-refractivity contribution in [3.05, 3.63) is 94.0 Å². The highest BCUT2D eigenvalue weighted by atomic mass is 32.2. The number of carbonyl (C=O) groups is 4. The summed E-state index contributed by atoms with van der Waals surface area (Å²) >= 11 is 0. The van der Waals surface area contributed by atoms with Gasteiger partial charge in [0.15, 0.2) is 17.7 Å². The zero-order chi connectivity index (χ0) is 28.5. The van der Waals surface area contributed by atoms with Gasteiger partial charge < -0.3 is 10.1 Å². The molecule has 1 aliphatic rings. The number of nitrogens with zero attached hydrogens (tertiary/aromatic N) is 1. The second kappa shape index (κ2) is 10.9. The van der Waals surface area contributed by atoms with Gasteiger partial charge in [-0.3, -0.25) is 14.4 Å². The molecule has 0 aromatic heterocycles. The van der Waals surface area contributed by atoms with Crippen molar-refractivity contribution in [1.29, 1.82) is 0 Å². The minimum Gasteiger partial charge on any atom is -0.449 e. The van der Waals surface area contributed by atoms with Gasteiger partial charge in [-0.25, -0.2) is 13.2 Å². The van der Waals surface area contributed by atoms with Crippen molar-refractivity contribution in [2.75, 3.05) is 18.4 Å². The Morgan fingerprint density at radius 3 is 2.08 bits per heavy atom. The monoisotopic (exact) mass is 548 g/mol. The lowest BCUT2D eigenvalue weighted by Crippen LogP contribution is -2.32. The summed E-state index contributed by atoms with van der Waals surface area (Å²) in [6, 6.07) is 15.1. The van der Waals surface area contributed by atoms with Gasteiger partial charge in [-0.2, -0.15) is 4.31 Å². The van der Waals surface area contributed by atoms with Crippen LogP contribution in [-0.2, 0) is 19.6 Å². The highest BCUT2D eigenvalue weighted by Gasteiger charge is 2.30. The van der Waals surface area contributed by atoms with Gasteiger partial charge in [-0.15, -0.1) is 0 Å². The number of rotatable bonds is 8. The third kappa shape index (κ3) is 5.25. The topological polar surface area (TPSA) is 127 Å². The first-order valence-electron chi connectivity index (χ1n) is 12.4. The van der Waals surface area contributed by atoms with Gasteiger partial charge in [0.1, 0.15) is 0 Å². The highest BCUT2D eigenvalue weighted by Crippen LogP contribution is 2.29. The van der Waals surface area contributed by atoms with Gasteiger partial charge in [-0.1, -0.05) is 44.2 Å². The van der Waals surface area contributed by atoms with Gasteiger partial charge in [0, 0.05) is 41.0 Å². The van der Waals surface area contributed by atoms with E-state index in [0.29, 0.717) is 16.7 Å². The third-order valence-corrected chi connectivity index (χ3v) is 8.78. The van der Waals surface area contributed by atoms with E-state index in [1.807, 2.05) is 0 Å². The first-order chi connectivity index (χ1) is 18.5. The first kappa shape index (κ1) is 27.9. The molecule has 0 fully saturated rings. The van der Waals surface area contributed by atoms with E-state index in [1.54, 1.807) is 45.0 Å². The van der Waals surface area contributed by atoms with Crippen LogP contribution in [0.5, 0.6) is 0 Å². The fraction of sp³-hybridized carbons (Fsp3) is 0.241. The summed E-state index contributed by atoms with van der Waals surface area (Å²) in [5.41, 5.74) is 1.76. The van der Waals surface area contributed by atoms with Crippen molar-refractivity contribution in [3.63, 3.8) is 0 Å². The molecule has 3 aromatic carbocycles. The zero-order valence-electron chi connectivity index (χ0n) is 22.0. The Morgan fingerprint density at radius 1 is 0.872 bits per heavy atom. The summed E-state index contributed by atoms with van der Waals surface area (Å²) in [6.45, 7) is 7.02. The van der Waals surface area contributed by atoms with Crippen molar-refractivity contribution >= 4 is 39.2 Å². The van der Waals surface area contributed by atoms with Crippen LogP contribution >= 0.6 is 0 Å². The zero-order valence-corrected chi connectivity index (χ0v) is 22.8. The maximum atomic E-state index is 13.0. The standard InChI is InChI=1S/C29H28N2O7S/c1-5-31(6-2)39(36,37)25-15-19(12-11-17(25)3)29(35)38-18(4)28(34)30-20-13-14-23-24(16-20)27(33)22-10-8-7-9-21(22)26(23)32/h7-16,18H,5-6H2,1-4H3,(H,30,34)/t18-/m0/s1. The fourth-order valence-corrected chi connectivity index (χ4v) is 6.12. The van der Waals surface area contributed by atoms with Crippen LogP contribution in [-0.4, -0.2) is 55.4 Å². The molecule has 10 heteroatoms. The Morgan fingerprint density at radius 2 is 1.46 bits per heavy atom. The average molecular weight is 549 g/mol. The Balaban J connectivity index is 1.49. The molecule has 3 aromatic rings. The van der Waals surface area contributed by atoms with E-state index < -0.39 is 28.0 Å². The van der Waals surface area contributed by atoms with E-state index >= 15 is 0 Å². The van der Waals surface area contributed by atoms with E-state index in [9.17, 15) is 27.6 Å². The molecule has 0 radical (unpaired) electrons. The minimum atomic E-state index is -3.81. The van der Waals surface area contributed by atoms with Crippen molar-refractivity contribution in [1.82, 2.24) is 4.31 Å². The number of carbonyl (C=O) groups excluding carboxylic acids is 4. The summed E-state index contributed by atoms with van der Waals surface area (Å²) in [4.78, 5) is 51.3. The number of hydrogen-bond acceptors (Lipinski definition) is 7. The third-order valence-electron chi connectivity index (χ3n) is 6.59. The summed E-state index contributed by atoms with van der Waals surface area (Å²) in [5.74, 6) is -2.13. The molecule has 1 atom stereocenters. The molecular weight excluding hydrogens is 520 g/mol. The number of benzene rings is 3. The molecule has 202 valence electrons. The van der Waals surface area contributed by atoms with Gasteiger partial charge in [-0.05, 0) is 49.7 Å². The molecular formula is C29H28N2O7S. The molecule has 4 rings (SSSR count). The number of amides is 1. The van der Waals surface area contributed by atoms with Crippen molar-refractivity contribution in [3.8, 4) is 0 Å². The predicted octanol–water partition coefficient (Wildman–Crippen LogP) is 3.98. The SMILES string of the molecule is CCN(CC)S(=O)(=O)c1cc(C(=O)O[C@@H](C)C(=O)Nc2ccc3c(c2)C(=O)c2ccccc2C3=O)ccc1C. The summed E-state index contributed by atoms with van der Waals surface area (Å²) in [6.07, 6.45) is -1.24. The normalized spacial score (nSPS) is 13.5. The lowest BCUT2D eigenvalue weighted by molar-refractivity contribution is -0.123. The number of fused-ring (bicyclic) bond motifs is 2. The van der Waals surface area contributed by atoms with E-state index in [4.69, 9.17) is 4.74 Å². The summed E-state index contributed by atoms with van der Waals surface area (Å²) in [5, 5.41) is 2.60. The molecule has 0 aliphatic heterocycles. The van der Waals surface area contributed by atoms with E-state index in [-0.39, 0.29) is 51.9 Å². The van der Waals surface area contributed by atoms with E-state index in [2.05, 4.69) is 5.32 Å². The molecule has 1 amide bonds. The maximum absolute atomic E-state index is 13.0. The molecule has 0 bridgehead atoms. The lowest BCUT2D eigenvalue weighted by atomic mass is 9.84. The first-order valence-corrected chi connectivity index (χ1v) is 13.9. The predicted molar refractivity (Wildman–Crippen MR) is 145 cm³/mol. The second-order valence-corrected chi connectivity index (χ2v) is 11.0. The van der Waals surface area contributed by atoms with Crippen LogP contribution in [0, 0.1) is 6.92 Å². The number of nitrogens with one attached hydrogen (secondary N) is 1. The van der Waals surface area contributed by atoms with E-state index in [0.717, 1.165) is 0 Å². The number of ether oxygens (including phenoxy) is 1. The van der Waals surface area contributed by atoms with Crippen LogP contribution < -0.4 is 5.32 Å². The number of hydrogen-bond donors (Lipinski definition) is 1. The average Bonchev–Trinajstić information content (AvgIpc) is 2.92. The molecule has 0 spiro atoms. The Bertz CT molecular complexity index is 1610. The van der Waals surface area contributed by atoms with Gasteiger partial charge in [0.2, 0.25) is 10.0 Å². The number of ketones is 2. The van der Waals surface area contributed by atoms with Crippen LogP contribution in [0.25, 0.3) is 0 Å². The fourth-order valence-electron chi connectivity index (χ4n) is 4.41. The molecule has 1 aliphatic carbocycles. The second-order valence-electron chi connectivity index (χ2n) is 9.07. The van der Waals surface area contributed by atoms with E-state index in [1.165, 1.54) is 47.6 Å². The van der Waals surface area contributed by atoms with Gasteiger partial charge in [0.05, 0.1) is 10.5 Å². The molecule has 39 heavy (non-hydrogen) atoms. The summed E-state index contributed by atoms with van der Waals surface area (Å²) < 4.78 is 32.6. The van der Waals surface area contributed by atoms with Gasteiger partial charge in [0.25, 0.3) is 5.91 Å². The van der Waals surface area contributed by atoms with Crippen LogP contribution in [0.1, 0.15) is 68.5 Å². The number of sulfonamides is 1. The molecule has 1 N–H and O–H groups in total. The molecule has 0 saturated carbocycles. The molecule has 9 nitrogen and oxygen atoms in total. The quantitative estimate of drug-likeness (QED) is 0.330. The largest absolute Gasteiger partial charge is 0.449 e. The molecule has 0 saturated heterocycles. The van der Waals surface area contributed by atoms with Crippen molar-refractivity contribution in [2.45, 2.75) is 38.7 Å². The number of anilines is 1. The smallest absolute Gasteiger partial charge is 0.338 e. The number of aryl methyl sites for hydroxylation is 1.